The first-order chi connectivity index (χ1) is 9.90. The van der Waals surface area contributed by atoms with Crippen molar-refractivity contribution in [2.75, 3.05) is 6.54 Å². The molecule has 6 heteroatoms. The van der Waals surface area contributed by atoms with Crippen LogP contribution in [0.1, 0.15) is 52.9 Å². The Morgan fingerprint density at radius 3 is 2.81 bits per heavy atom. The van der Waals surface area contributed by atoms with Crippen molar-refractivity contribution in [1.29, 1.82) is 0 Å². The fourth-order valence-electron chi connectivity index (χ4n) is 3.21. The molecule has 2 rings (SSSR count). The predicted molar refractivity (Wildman–Crippen MR) is 78.5 cm³/mol. The molecular weight excluding hydrogens is 270 g/mol. The van der Waals surface area contributed by atoms with Crippen LogP contribution in [0.3, 0.4) is 0 Å². The Hall–Kier alpha value is -1.59. The molecule has 6 nitrogen and oxygen atoms in total. The highest BCUT2D eigenvalue weighted by molar-refractivity contribution is 6.09. The Morgan fingerprint density at radius 2 is 2.19 bits per heavy atom. The molecule has 2 fully saturated rings. The standard InChI is InChI=1S/C15H25N3O3/c1-4-11(3)16-12(19)9-18-13(20)15(17-14(18)21)8-6-5-7-10(15)2/h10-11H,4-9H2,1-3H3,(H,16,19)(H,17,21)/t10-,11-,15-/m0/s1. The lowest BCUT2D eigenvalue weighted by Crippen LogP contribution is -2.54. The van der Waals surface area contributed by atoms with Crippen molar-refractivity contribution in [1.82, 2.24) is 15.5 Å². The van der Waals surface area contributed by atoms with Crippen LogP contribution in [0.5, 0.6) is 0 Å². The second-order valence-electron chi connectivity index (χ2n) is 6.32. The number of amides is 4. The van der Waals surface area contributed by atoms with Crippen molar-refractivity contribution < 1.29 is 14.4 Å². The highest BCUT2D eigenvalue weighted by atomic mass is 16.2. The Balaban J connectivity index is 2.06. The first kappa shape index (κ1) is 15.8. The van der Waals surface area contributed by atoms with Crippen molar-refractivity contribution in [2.45, 2.75) is 64.5 Å². The van der Waals surface area contributed by atoms with Gasteiger partial charge in [0.05, 0.1) is 0 Å². The quantitative estimate of drug-likeness (QED) is 0.770. The summed E-state index contributed by atoms with van der Waals surface area (Å²) >= 11 is 0. The van der Waals surface area contributed by atoms with Crippen LogP contribution in [-0.2, 0) is 9.59 Å². The van der Waals surface area contributed by atoms with Crippen LogP contribution >= 0.6 is 0 Å². The molecule has 3 atom stereocenters. The van der Waals surface area contributed by atoms with Crippen LogP contribution in [0.2, 0.25) is 0 Å². The van der Waals surface area contributed by atoms with E-state index in [0.717, 1.165) is 30.6 Å². The molecule has 21 heavy (non-hydrogen) atoms. The van der Waals surface area contributed by atoms with Crippen molar-refractivity contribution >= 4 is 17.8 Å². The molecule has 1 aliphatic heterocycles. The molecule has 0 aromatic heterocycles. The lowest BCUT2D eigenvalue weighted by atomic mass is 9.73. The van der Waals surface area contributed by atoms with Gasteiger partial charge in [-0.15, -0.1) is 0 Å². The van der Waals surface area contributed by atoms with Gasteiger partial charge in [-0.3, -0.25) is 14.5 Å². The highest BCUT2D eigenvalue weighted by Gasteiger charge is 2.55. The van der Waals surface area contributed by atoms with Gasteiger partial charge in [-0.1, -0.05) is 26.7 Å². The molecule has 118 valence electrons. The summed E-state index contributed by atoms with van der Waals surface area (Å²) in [7, 11) is 0. The number of imide groups is 1. The van der Waals surface area contributed by atoms with Crippen LogP contribution < -0.4 is 10.6 Å². The van der Waals surface area contributed by atoms with Gasteiger partial charge < -0.3 is 10.6 Å². The molecule has 1 heterocycles. The average Bonchev–Trinajstić information content (AvgIpc) is 2.67. The van der Waals surface area contributed by atoms with Crippen LogP contribution in [-0.4, -0.2) is 40.9 Å². The highest BCUT2D eigenvalue weighted by Crippen LogP contribution is 2.38. The largest absolute Gasteiger partial charge is 0.352 e. The average molecular weight is 295 g/mol. The lowest BCUT2D eigenvalue weighted by Gasteiger charge is -2.36. The summed E-state index contributed by atoms with van der Waals surface area (Å²) in [5.41, 5.74) is -0.786. The maximum Gasteiger partial charge on any atom is 0.325 e. The van der Waals surface area contributed by atoms with E-state index in [1.165, 1.54) is 0 Å². The summed E-state index contributed by atoms with van der Waals surface area (Å²) in [6, 6.07) is -0.395. The van der Waals surface area contributed by atoms with Gasteiger partial charge >= 0.3 is 6.03 Å². The Morgan fingerprint density at radius 1 is 1.48 bits per heavy atom. The summed E-state index contributed by atoms with van der Waals surface area (Å²) < 4.78 is 0. The van der Waals surface area contributed by atoms with Crippen molar-refractivity contribution in [3.05, 3.63) is 0 Å². The van der Waals surface area contributed by atoms with E-state index < -0.39 is 11.6 Å². The monoisotopic (exact) mass is 295 g/mol. The maximum absolute atomic E-state index is 12.7. The molecule has 0 aromatic rings. The number of hydrogen-bond acceptors (Lipinski definition) is 3. The molecule has 1 saturated carbocycles. The molecule has 0 unspecified atom stereocenters. The maximum atomic E-state index is 12.7. The molecule has 0 bridgehead atoms. The van der Waals surface area contributed by atoms with Gasteiger partial charge in [0.2, 0.25) is 5.91 Å². The molecule has 0 aromatic carbocycles. The Bertz CT molecular complexity index is 451. The van der Waals surface area contributed by atoms with Gasteiger partial charge in [0.15, 0.2) is 0 Å². The first-order valence-corrected chi connectivity index (χ1v) is 7.84. The van der Waals surface area contributed by atoms with Crippen LogP contribution in [0.15, 0.2) is 0 Å². The number of hydrogen-bond donors (Lipinski definition) is 2. The minimum atomic E-state index is -0.786. The van der Waals surface area contributed by atoms with E-state index in [1.807, 2.05) is 20.8 Å². The Labute approximate surface area is 125 Å². The second kappa shape index (κ2) is 6.03. The van der Waals surface area contributed by atoms with Gasteiger partial charge in [0.25, 0.3) is 5.91 Å². The fourth-order valence-corrected chi connectivity index (χ4v) is 3.21. The number of nitrogens with zero attached hydrogens (tertiary/aromatic N) is 1. The van der Waals surface area contributed by atoms with E-state index in [1.54, 1.807) is 0 Å². The van der Waals surface area contributed by atoms with Gasteiger partial charge in [0, 0.05) is 6.04 Å². The van der Waals surface area contributed by atoms with Crippen molar-refractivity contribution in [2.24, 2.45) is 5.92 Å². The van der Waals surface area contributed by atoms with E-state index in [2.05, 4.69) is 10.6 Å². The summed E-state index contributed by atoms with van der Waals surface area (Å²) in [6.07, 6.45) is 4.43. The molecule has 0 radical (unpaired) electrons. The van der Waals surface area contributed by atoms with Crippen molar-refractivity contribution in [3.8, 4) is 0 Å². The summed E-state index contributed by atoms with van der Waals surface area (Å²) in [6.45, 7) is 5.68. The summed E-state index contributed by atoms with van der Waals surface area (Å²) in [5.74, 6) is -0.405. The van der Waals surface area contributed by atoms with E-state index in [0.29, 0.717) is 6.42 Å². The van der Waals surface area contributed by atoms with Crippen molar-refractivity contribution in [3.63, 3.8) is 0 Å². The van der Waals surface area contributed by atoms with Gasteiger partial charge in [-0.25, -0.2) is 4.79 Å². The molecule has 2 N–H and O–H groups in total. The smallest absolute Gasteiger partial charge is 0.325 e. The summed E-state index contributed by atoms with van der Waals surface area (Å²) in [4.78, 5) is 37.8. The number of carbonyl (C=O) groups excluding carboxylic acids is 3. The van der Waals surface area contributed by atoms with Crippen LogP contribution in [0.4, 0.5) is 4.79 Å². The Kier molecular flexibility index (Phi) is 4.54. The third kappa shape index (κ3) is 2.89. The minimum Gasteiger partial charge on any atom is -0.352 e. The summed E-state index contributed by atoms with van der Waals surface area (Å²) in [5, 5.41) is 5.64. The molecule has 4 amide bonds. The third-order valence-corrected chi connectivity index (χ3v) is 4.82. The second-order valence-corrected chi connectivity index (χ2v) is 6.32. The van der Waals surface area contributed by atoms with E-state index in [4.69, 9.17) is 0 Å². The zero-order chi connectivity index (χ0) is 15.6. The normalized spacial score (nSPS) is 30.4. The zero-order valence-corrected chi connectivity index (χ0v) is 13.1. The number of nitrogens with one attached hydrogen (secondary N) is 2. The van der Waals surface area contributed by atoms with Crippen LogP contribution in [0.25, 0.3) is 0 Å². The topological polar surface area (TPSA) is 78.5 Å². The van der Waals surface area contributed by atoms with Gasteiger partial charge in [-0.05, 0) is 32.1 Å². The fraction of sp³-hybridized carbons (Fsp3) is 0.800. The predicted octanol–water partition coefficient (Wildman–Crippen LogP) is 1.40. The number of rotatable bonds is 4. The van der Waals surface area contributed by atoms with E-state index in [9.17, 15) is 14.4 Å². The number of urea groups is 1. The van der Waals surface area contributed by atoms with E-state index >= 15 is 0 Å². The van der Waals surface area contributed by atoms with Crippen LogP contribution in [0, 0.1) is 5.92 Å². The van der Waals surface area contributed by atoms with Gasteiger partial charge in [0.1, 0.15) is 12.1 Å². The molecule has 2 aliphatic rings. The number of carbonyl (C=O) groups is 3. The molecule has 1 spiro atoms. The van der Waals surface area contributed by atoms with Gasteiger partial charge in [-0.2, -0.15) is 0 Å². The minimum absolute atomic E-state index is 0.0424. The SMILES string of the molecule is CC[C@H](C)NC(=O)CN1C(=O)N[C@]2(CCCC[C@@H]2C)C1=O. The van der Waals surface area contributed by atoms with E-state index in [-0.39, 0.29) is 30.3 Å². The molecule has 1 saturated heterocycles. The lowest BCUT2D eigenvalue weighted by molar-refractivity contribution is -0.137. The third-order valence-electron chi connectivity index (χ3n) is 4.82. The molecular formula is C15H25N3O3. The molecule has 1 aliphatic carbocycles. The first-order valence-electron chi connectivity index (χ1n) is 7.84. The zero-order valence-electron chi connectivity index (χ0n) is 13.1.